The van der Waals surface area contributed by atoms with Crippen LogP contribution in [0, 0.1) is 6.92 Å². The third-order valence-corrected chi connectivity index (χ3v) is 8.57. The molecule has 6 rings (SSSR count). The van der Waals surface area contributed by atoms with Crippen LogP contribution >= 0.6 is 11.3 Å². The monoisotopic (exact) mass is 484 g/mol. The predicted octanol–water partition coefficient (Wildman–Crippen LogP) is 3.10. The molecule has 2 aromatic heterocycles. The number of hydrogen-bond donors (Lipinski definition) is 1. The summed E-state index contributed by atoms with van der Waals surface area (Å²) < 4.78 is 0. The maximum atomic E-state index is 13.6. The molecule has 0 radical (unpaired) electrons. The fourth-order valence-electron chi connectivity index (χ4n) is 5.40. The number of aryl methyl sites for hydroxylation is 1. The van der Waals surface area contributed by atoms with E-state index in [4.69, 9.17) is 4.98 Å². The normalized spacial score (nSPS) is 16.5. The highest BCUT2D eigenvalue weighted by Gasteiger charge is 2.29. The van der Waals surface area contributed by atoms with Crippen LogP contribution in [0.2, 0.25) is 0 Å². The molecule has 1 amide bonds. The van der Waals surface area contributed by atoms with Gasteiger partial charge in [-0.2, -0.15) is 0 Å². The highest BCUT2D eigenvalue weighted by molar-refractivity contribution is 7.20. The van der Waals surface area contributed by atoms with Gasteiger partial charge in [0.2, 0.25) is 0 Å². The number of rotatable bonds is 4. The second-order valence-corrected chi connectivity index (χ2v) is 10.6. The Morgan fingerprint density at radius 1 is 0.971 bits per heavy atom. The smallest absolute Gasteiger partial charge is 0.264 e. The van der Waals surface area contributed by atoms with Crippen molar-refractivity contribution in [1.29, 1.82) is 0 Å². The largest absolute Gasteiger partial charge is 0.351 e. The van der Waals surface area contributed by atoms with Crippen LogP contribution in [0.1, 0.15) is 31.9 Å². The first-order valence-corrected chi connectivity index (χ1v) is 13.2. The summed E-state index contributed by atoms with van der Waals surface area (Å²) in [4.78, 5) is 30.4. The van der Waals surface area contributed by atoms with E-state index in [0.29, 0.717) is 0 Å². The number of quaternary nitrogens is 1. The van der Waals surface area contributed by atoms with E-state index in [1.165, 1.54) is 32.9 Å². The SMILES string of the molecule is Cc1c(C(=O)N2CC[NH+](Cc3ccccc3)CC2)sc2ncnc(N3CCc4ccccc4C3)c12. The summed E-state index contributed by atoms with van der Waals surface area (Å²) in [5, 5.41) is 1.04. The van der Waals surface area contributed by atoms with Crippen LogP contribution in [0.25, 0.3) is 10.2 Å². The van der Waals surface area contributed by atoms with Gasteiger partial charge in [-0.1, -0.05) is 54.6 Å². The molecule has 0 atom stereocenters. The number of thiophene rings is 1. The average Bonchev–Trinajstić information content (AvgIpc) is 3.25. The van der Waals surface area contributed by atoms with Gasteiger partial charge in [-0.05, 0) is 30.0 Å². The molecule has 0 aliphatic carbocycles. The lowest BCUT2D eigenvalue weighted by molar-refractivity contribution is -0.917. The molecule has 2 aliphatic heterocycles. The van der Waals surface area contributed by atoms with Gasteiger partial charge in [0, 0.05) is 18.7 Å². The van der Waals surface area contributed by atoms with Crippen molar-refractivity contribution in [3.8, 4) is 0 Å². The molecule has 0 unspecified atom stereocenters. The second-order valence-electron chi connectivity index (χ2n) is 9.58. The van der Waals surface area contributed by atoms with Gasteiger partial charge < -0.3 is 14.7 Å². The fourth-order valence-corrected chi connectivity index (χ4v) is 6.52. The van der Waals surface area contributed by atoms with Crippen molar-refractivity contribution in [3.63, 3.8) is 0 Å². The molecule has 0 saturated carbocycles. The summed E-state index contributed by atoms with van der Waals surface area (Å²) in [5.74, 6) is 1.09. The van der Waals surface area contributed by atoms with Crippen LogP contribution < -0.4 is 9.80 Å². The van der Waals surface area contributed by atoms with Gasteiger partial charge >= 0.3 is 0 Å². The van der Waals surface area contributed by atoms with Crippen LogP contribution in [0.4, 0.5) is 5.82 Å². The molecule has 1 saturated heterocycles. The Labute approximate surface area is 209 Å². The minimum atomic E-state index is 0.138. The Balaban J connectivity index is 1.21. The summed E-state index contributed by atoms with van der Waals surface area (Å²) >= 11 is 1.52. The number of aromatic nitrogens is 2. The molecular weight excluding hydrogens is 454 g/mol. The third-order valence-electron chi connectivity index (χ3n) is 7.39. The van der Waals surface area contributed by atoms with Crippen molar-refractivity contribution >= 4 is 33.3 Å². The molecule has 1 N–H and O–H groups in total. The summed E-state index contributed by atoms with van der Waals surface area (Å²) in [5.41, 5.74) is 5.14. The van der Waals surface area contributed by atoms with Gasteiger partial charge in [-0.3, -0.25) is 4.79 Å². The molecule has 0 spiro atoms. The van der Waals surface area contributed by atoms with E-state index in [9.17, 15) is 4.79 Å². The zero-order valence-corrected chi connectivity index (χ0v) is 20.9. The van der Waals surface area contributed by atoms with Gasteiger partial charge in [0.15, 0.2) is 0 Å². The number of nitrogens with zero attached hydrogens (tertiary/aromatic N) is 4. The molecule has 35 heavy (non-hydrogen) atoms. The van der Waals surface area contributed by atoms with Crippen molar-refractivity contribution < 1.29 is 9.69 Å². The zero-order chi connectivity index (χ0) is 23.8. The van der Waals surface area contributed by atoms with Crippen LogP contribution in [0.5, 0.6) is 0 Å². The fraction of sp³-hybridized carbons (Fsp3) is 0.321. The van der Waals surface area contributed by atoms with Crippen LogP contribution in [-0.2, 0) is 19.5 Å². The first-order chi connectivity index (χ1) is 17.2. The van der Waals surface area contributed by atoms with Crippen LogP contribution in [0.15, 0.2) is 60.9 Å². The molecule has 2 aromatic carbocycles. The van der Waals surface area contributed by atoms with Gasteiger partial charge in [0.1, 0.15) is 23.5 Å². The number of hydrogen-bond acceptors (Lipinski definition) is 5. The molecule has 4 heterocycles. The number of benzene rings is 2. The van der Waals surface area contributed by atoms with Crippen LogP contribution in [-0.4, -0.2) is 53.5 Å². The standard InChI is InChI=1S/C28H29N5OS/c1-20-24-26(33-12-11-22-9-5-6-10-23(22)18-33)29-19-30-27(24)35-25(20)28(34)32-15-13-31(14-16-32)17-21-7-3-2-4-8-21/h2-10,19H,11-18H2,1H3/p+1. The molecule has 7 heteroatoms. The molecule has 6 nitrogen and oxygen atoms in total. The second kappa shape index (κ2) is 9.40. The van der Waals surface area contributed by atoms with Gasteiger partial charge in [0.05, 0.1) is 36.4 Å². The van der Waals surface area contributed by atoms with Crippen molar-refractivity contribution in [3.05, 3.63) is 88.1 Å². The minimum Gasteiger partial charge on any atom is -0.351 e. The first kappa shape index (κ1) is 22.2. The Bertz CT molecular complexity index is 1360. The summed E-state index contributed by atoms with van der Waals surface area (Å²) in [6, 6.07) is 19.3. The Morgan fingerprint density at radius 3 is 2.51 bits per heavy atom. The minimum absolute atomic E-state index is 0.138. The number of carbonyl (C=O) groups is 1. The molecule has 1 fully saturated rings. The maximum Gasteiger partial charge on any atom is 0.264 e. The number of piperazine rings is 1. The van der Waals surface area contributed by atoms with E-state index in [2.05, 4.69) is 71.4 Å². The van der Waals surface area contributed by atoms with Crippen molar-refractivity contribution in [1.82, 2.24) is 14.9 Å². The molecule has 178 valence electrons. The van der Waals surface area contributed by atoms with Crippen molar-refractivity contribution in [2.24, 2.45) is 0 Å². The van der Waals surface area contributed by atoms with Crippen molar-refractivity contribution in [2.45, 2.75) is 26.4 Å². The number of nitrogens with one attached hydrogen (secondary N) is 1. The lowest BCUT2D eigenvalue weighted by Crippen LogP contribution is -3.13. The maximum absolute atomic E-state index is 13.6. The summed E-state index contributed by atoms with van der Waals surface area (Å²) in [6.45, 7) is 8.37. The summed E-state index contributed by atoms with van der Waals surface area (Å²) in [7, 11) is 0. The topological polar surface area (TPSA) is 53.8 Å². The lowest BCUT2D eigenvalue weighted by Gasteiger charge is -2.32. The Hall–Kier alpha value is -3.29. The molecule has 0 bridgehead atoms. The van der Waals surface area contributed by atoms with E-state index in [-0.39, 0.29) is 5.91 Å². The van der Waals surface area contributed by atoms with E-state index in [1.807, 2.05) is 4.90 Å². The molecular formula is C28H30N5OS+. The first-order valence-electron chi connectivity index (χ1n) is 12.4. The average molecular weight is 485 g/mol. The van der Waals surface area contributed by atoms with Gasteiger partial charge in [0.25, 0.3) is 5.91 Å². The number of fused-ring (bicyclic) bond motifs is 2. The van der Waals surface area contributed by atoms with Gasteiger partial charge in [-0.25, -0.2) is 9.97 Å². The molecule has 4 aromatic rings. The highest BCUT2D eigenvalue weighted by atomic mass is 32.1. The number of amides is 1. The van der Waals surface area contributed by atoms with E-state index in [0.717, 1.165) is 78.7 Å². The van der Waals surface area contributed by atoms with Gasteiger partial charge in [-0.15, -0.1) is 11.3 Å². The quantitative estimate of drug-likeness (QED) is 0.484. The van der Waals surface area contributed by atoms with E-state index in [1.54, 1.807) is 6.33 Å². The number of carbonyl (C=O) groups excluding carboxylic acids is 1. The zero-order valence-electron chi connectivity index (χ0n) is 20.0. The summed E-state index contributed by atoms with van der Waals surface area (Å²) in [6.07, 6.45) is 2.65. The van der Waals surface area contributed by atoms with E-state index >= 15 is 0 Å². The van der Waals surface area contributed by atoms with E-state index < -0.39 is 0 Å². The number of anilines is 1. The highest BCUT2D eigenvalue weighted by Crippen LogP contribution is 2.37. The Kier molecular flexibility index (Phi) is 5.96. The predicted molar refractivity (Wildman–Crippen MR) is 140 cm³/mol. The Morgan fingerprint density at radius 2 is 1.71 bits per heavy atom. The third kappa shape index (κ3) is 4.30. The molecule has 2 aliphatic rings. The lowest BCUT2D eigenvalue weighted by atomic mass is 9.99. The van der Waals surface area contributed by atoms with Crippen molar-refractivity contribution in [2.75, 3.05) is 37.6 Å². The van der Waals surface area contributed by atoms with Crippen LogP contribution in [0.3, 0.4) is 0 Å².